The van der Waals surface area contributed by atoms with E-state index >= 15 is 0 Å². The molecule has 2 rings (SSSR count). The van der Waals surface area contributed by atoms with Gasteiger partial charge in [0.15, 0.2) is 0 Å². The first-order chi connectivity index (χ1) is 7.58. The summed E-state index contributed by atoms with van der Waals surface area (Å²) < 4.78 is 12.8. The average molecular weight is 222 g/mol. The molecule has 3 nitrogen and oxygen atoms in total. The third kappa shape index (κ3) is 2.01. The van der Waals surface area contributed by atoms with Crippen molar-refractivity contribution >= 4 is 6.03 Å². The van der Waals surface area contributed by atoms with Crippen LogP contribution in [0.4, 0.5) is 9.18 Å². The molecule has 86 valence electrons. The van der Waals surface area contributed by atoms with Gasteiger partial charge in [-0.1, -0.05) is 12.1 Å². The molecule has 1 aromatic carbocycles. The van der Waals surface area contributed by atoms with Crippen molar-refractivity contribution in [1.29, 1.82) is 0 Å². The van der Waals surface area contributed by atoms with Crippen LogP contribution in [0.5, 0.6) is 0 Å². The van der Waals surface area contributed by atoms with Crippen molar-refractivity contribution in [2.24, 2.45) is 5.73 Å². The van der Waals surface area contributed by atoms with Gasteiger partial charge in [-0.2, -0.15) is 0 Å². The molecule has 0 aliphatic carbocycles. The number of hydrogen-bond acceptors (Lipinski definition) is 1. The van der Waals surface area contributed by atoms with Crippen LogP contribution in [0.15, 0.2) is 24.3 Å². The van der Waals surface area contributed by atoms with Crippen LogP contribution in [0, 0.1) is 5.82 Å². The minimum Gasteiger partial charge on any atom is -0.351 e. The van der Waals surface area contributed by atoms with E-state index in [0.29, 0.717) is 6.54 Å². The summed E-state index contributed by atoms with van der Waals surface area (Å²) in [6, 6.07) is 6.23. The molecule has 2 atom stereocenters. The molecular weight excluding hydrogens is 207 g/mol. The van der Waals surface area contributed by atoms with Crippen LogP contribution in [-0.4, -0.2) is 23.5 Å². The topological polar surface area (TPSA) is 46.3 Å². The molecule has 1 aromatic rings. The molecule has 2 amide bonds. The first kappa shape index (κ1) is 10.9. The number of halogens is 1. The van der Waals surface area contributed by atoms with Gasteiger partial charge in [0.05, 0.1) is 0 Å². The summed E-state index contributed by atoms with van der Waals surface area (Å²) in [6.07, 6.45) is 0.884. The number of amides is 2. The highest BCUT2D eigenvalue weighted by Gasteiger charge is 2.31. The fourth-order valence-electron chi connectivity index (χ4n) is 2.31. The number of carbonyl (C=O) groups excluding carboxylic acids is 1. The smallest absolute Gasteiger partial charge is 0.315 e. The fraction of sp³-hybridized carbons (Fsp3) is 0.417. The molecule has 0 aromatic heterocycles. The van der Waals surface area contributed by atoms with E-state index in [1.165, 1.54) is 12.1 Å². The lowest BCUT2D eigenvalue weighted by Gasteiger charge is -2.18. The Morgan fingerprint density at radius 2 is 2.06 bits per heavy atom. The third-order valence-electron chi connectivity index (χ3n) is 3.20. The highest BCUT2D eigenvalue weighted by Crippen LogP contribution is 2.31. The molecule has 1 aliphatic rings. The number of benzene rings is 1. The average Bonchev–Trinajstić information content (AvgIpc) is 2.61. The van der Waals surface area contributed by atoms with Gasteiger partial charge in [0.25, 0.3) is 0 Å². The van der Waals surface area contributed by atoms with Crippen molar-refractivity contribution in [3.8, 4) is 0 Å². The lowest BCUT2D eigenvalue weighted by atomic mass is 9.97. The molecule has 16 heavy (non-hydrogen) atoms. The number of nitrogens with zero attached hydrogens (tertiary/aromatic N) is 1. The molecule has 0 radical (unpaired) electrons. The van der Waals surface area contributed by atoms with Gasteiger partial charge in [-0.05, 0) is 31.0 Å². The minimum absolute atomic E-state index is 0.160. The van der Waals surface area contributed by atoms with Gasteiger partial charge in [0, 0.05) is 18.5 Å². The molecule has 2 unspecified atom stereocenters. The molecule has 1 fully saturated rings. The monoisotopic (exact) mass is 222 g/mol. The molecule has 1 saturated heterocycles. The lowest BCUT2D eigenvalue weighted by molar-refractivity contribution is 0.205. The van der Waals surface area contributed by atoms with Crippen molar-refractivity contribution < 1.29 is 9.18 Å². The van der Waals surface area contributed by atoms with Crippen LogP contribution < -0.4 is 5.73 Å². The Morgan fingerprint density at radius 1 is 1.44 bits per heavy atom. The highest BCUT2D eigenvalue weighted by molar-refractivity contribution is 5.72. The quantitative estimate of drug-likeness (QED) is 0.777. The van der Waals surface area contributed by atoms with Crippen molar-refractivity contribution in [3.05, 3.63) is 35.6 Å². The maximum absolute atomic E-state index is 12.8. The summed E-state index contributed by atoms with van der Waals surface area (Å²) in [5, 5.41) is 0. The fourth-order valence-corrected chi connectivity index (χ4v) is 2.31. The Balaban J connectivity index is 2.13. The van der Waals surface area contributed by atoms with E-state index in [-0.39, 0.29) is 23.8 Å². The predicted octanol–water partition coefficient (Wildman–Crippen LogP) is 2.08. The van der Waals surface area contributed by atoms with E-state index in [9.17, 15) is 9.18 Å². The van der Waals surface area contributed by atoms with Gasteiger partial charge in [-0.25, -0.2) is 9.18 Å². The second-order valence-electron chi connectivity index (χ2n) is 4.32. The van der Waals surface area contributed by atoms with Crippen LogP contribution in [-0.2, 0) is 0 Å². The van der Waals surface area contributed by atoms with Crippen LogP contribution in [0.2, 0.25) is 0 Å². The van der Waals surface area contributed by atoms with E-state index in [4.69, 9.17) is 5.73 Å². The number of nitrogens with two attached hydrogens (primary N) is 1. The number of primary amides is 1. The third-order valence-corrected chi connectivity index (χ3v) is 3.20. The minimum atomic E-state index is -0.378. The zero-order chi connectivity index (χ0) is 11.7. The summed E-state index contributed by atoms with van der Waals surface area (Å²) >= 11 is 0. The van der Waals surface area contributed by atoms with Crippen LogP contribution >= 0.6 is 0 Å². The SMILES string of the molecule is CC1CC(c2ccc(F)cc2)CN1C(N)=O. The highest BCUT2D eigenvalue weighted by atomic mass is 19.1. The van der Waals surface area contributed by atoms with E-state index < -0.39 is 0 Å². The largest absolute Gasteiger partial charge is 0.351 e. The van der Waals surface area contributed by atoms with Crippen molar-refractivity contribution in [1.82, 2.24) is 4.90 Å². The van der Waals surface area contributed by atoms with Gasteiger partial charge < -0.3 is 10.6 Å². The molecule has 1 heterocycles. The number of carbonyl (C=O) groups is 1. The van der Waals surface area contributed by atoms with Crippen LogP contribution in [0.1, 0.15) is 24.8 Å². The van der Waals surface area contributed by atoms with E-state index in [2.05, 4.69) is 0 Å². The summed E-state index contributed by atoms with van der Waals surface area (Å²) in [5.41, 5.74) is 6.35. The summed E-state index contributed by atoms with van der Waals surface area (Å²) in [5.74, 6) is 0.0321. The van der Waals surface area contributed by atoms with E-state index in [1.807, 2.05) is 6.92 Å². The Bertz CT molecular complexity index is 391. The first-order valence-electron chi connectivity index (χ1n) is 5.39. The summed E-state index contributed by atoms with van der Waals surface area (Å²) in [4.78, 5) is 12.8. The molecule has 2 N–H and O–H groups in total. The Kier molecular flexibility index (Phi) is 2.81. The second kappa shape index (κ2) is 4.12. The number of likely N-dealkylation sites (tertiary alicyclic amines) is 1. The normalized spacial score (nSPS) is 24.8. The zero-order valence-corrected chi connectivity index (χ0v) is 9.19. The molecule has 0 saturated carbocycles. The van der Waals surface area contributed by atoms with Crippen LogP contribution in [0.25, 0.3) is 0 Å². The lowest BCUT2D eigenvalue weighted by Crippen LogP contribution is -2.38. The standard InChI is InChI=1S/C12H15FN2O/c1-8-6-10(7-15(8)12(14)16)9-2-4-11(13)5-3-9/h2-5,8,10H,6-7H2,1H3,(H2,14,16). The first-order valence-corrected chi connectivity index (χ1v) is 5.39. The van der Waals surface area contributed by atoms with Crippen molar-refractivity contribution in [3.63, 3.8) is 0 Å². The van der Waals surface area contributed by atoms with Crippen molar-refractivity contribution in [2.45, 2.75) is 25.3 Å². The predicted molar refractivity (Wildman–Crippen MR) is 59.5 cm³/mol. The van der Waals surface area contributed by atoms with Gasteiger partial charge in [-0.3, -0.25) is 0 Å². The Morgan fingerprint density at radius 3 is 2.56 bits per heavy atom. The van der Waals surface area contributed by atoms with Gasteiger partial charge in [0.2, 0.25) is 0 Å². The number of rotatable bonds is 1. The zero-order valence-electron chi connectivity index (χ0n) is 9.19. The van der Waals surface area contributed by atoms with Gasteiger partial charge in [0.1, 0.15) is 5.82 Å². The second-order valence-corrected chi connectivity index (χ2v) is 4.32. The molecule has 1 aliphatic heterocycles. The molecule has 4 heteroatoms. The molecule has 0 bridgehead atoms. The van der Waals surface area contributed by atoms with Crippen molar-refractivity contribution in [2.75, 3.05) is 6.54 Å². The molecule has 0 spiro atoms. The van der Waals surface area contributed by atoms with Crippen LogP contribution in [0.3, 0.4) is 0 Å². The summed E-state index contributed by atoms with van der Waals surface area (Å²) in [7, 11) is 0. The van der Waals surface area contributed by atoms with Gasteiger partial charge in [-0.15, -0.1) is 0 Å². The number of urea groups is 1. The number of hydrogen-bond donors (Lipinski definition) is 1. The maximum Gasteiger partial charge on any atom is 0.315 e. The van der Waals surface area contributed by atoms with Gasteiger partial charge >= 0.3 is 6.03 Å². The van der Waals surface area contributed by atoms with E-state index in [0.717, 1.165) is 12.0 Å². The Hall–Kier alpha value is -1.58. The Labute approximate surface area is 94.0 Å². The maximum atomic E-state index is 12.8. The summed E-state index contributed by atoms with van der Waals surface area (Å²) in [6.45, 7) is 2.61. The molecular formula is C12H15FN2O. The van der Waals surface area contributed by atoms with E-state index in [1.54, 1.807) is 17.0 Å².